The predicted octanol–water partition coefficient (Wildman–Crippen LogP) is 2.89. The molecule has 0 spiro atoms. The molecule has 2 aromatic heterocycles. The van der Waals surface area contributed by atoms with Gasteiger partial charge in [-0.3, -0.25) is 0 Å². The maximum atomic E-state index is 4.54. The van der Waals surface area contributed by atoms with E-state index in [0.29, 0.717) is 5.82 Å². The van der Waals surface area contributed by atoms with Gasteiger partial charge in [0, 0.05) is 11.1 Å². The number of aryl methyl sites for hydroxylation is 2. The lowest BCUT2D eigenvalue weighted by Gasteiger charge is -2.09. The normalized spacial score (nSPS) is 10.9. The fraction of sp³-hybridized carbons (Fsp3) is 0.105. The second-order valence-corrected chi connectivity index (χ2v) is 5.71. The summed E-state index contributed by atoms with van der Waals surface area (Å²) < 4.78 is 2.06. The van der Waals surface area contributed by atoms with Crippen LogP contribution in [-0.4, -0.2) is 19.9 Å². The molecule has 24 heavy (non-hydrogen) atoms. The minimum atomic E-state index is 0.661. The lowest BCUT2D eigenvalue weighted by molar-refractivity contribution is -0.662. The Balaban J connectivity index is 2.02. The zero-order chi connectivity index (χ0) is 16.5. The van der Waals surface area contributed by atoms with E-state index in [1.54, 1.807) is 0 Å². The third kappa shape index (κ3) is 2.40. The Kier molecular flexibility index (Phi) is 3.46. The van der Waals surface area contributed by atoms with Crippen LogP contribution >= 0.6 is 0 Å². The molecule has 0 N–H and O–H groups in total. The molecular weight excluding hydrogens is 298 g/mol. The van der Waals surface area contributed by atoms with E-state index in [1.807, 2.05) is 25.5 Å². The van der Waals surface area contributed by atoms with Crippen molar-refractivity contribution >= 4 is 10.9 Å². The molecule has 0 aliphatic carbocycles. The Hall–Kier alpha value is -3.21. The summed E-state index contributed by atoms with van der Waals surface area (Å²) in [7, 11) is 2.02. The largest absolute Gasteiger partial charge is 0.287 e. The highest BCUT2D eigenvalue weighted by molar-refractivity contribution is 5.93. The summed E-state index contributed by atoms with van der Waals surface area (Å²) in [6.45, 7) is 2.12. The lowest BCUT2D eigenvalue weighted by Crippen LogP contribution is -2.31. The summed E-state index contributed by atoms with van der Waals surface area (Å²) in [6.07, 6.45) is 4.88. The summed E-state index contributed by atoms with van der Waals surface area (Å²) >= 11 is 0. The van der Waals surface area contributed by atoms with Gasteiger partial charge in [-0.05, 0) is 35.7 Å². The van der Waals surface area contributed by atoms with E-state index < -0.39 is 0 Å². The van der Waals surface area contributed by atoms with Gasteiger partial charge in [-0.25, -0.2) is 19.5 Å². The van der Waals surface area contributed by atoms with Crippen LogP contribution in [-0.2, 0) is 7.05 Å². The Labute approximate surface area is 139 Å². The first-order chi connectivity index (χ1) is 11.7. The third-order valence-electron chi connectivity index (χ3n) is 4.13. The van der Waals surface area contributed by atoms with E-state index >= 15 is 0 Å². The summed E-state index contributed by atoms with van der Waals surface area (Å²) in [4.78, 5) is 16.9. The summed E-state index contributed by atoms with van der Waals surface area (Å²) in [5.41, 5.74) is 5.46. The van der Waals surface area contributed by atoms with Crippen molar-refractivity contribution < 1.29 is 4.57 Å². The van der Waals surface area contributed by atoms with Gasteiger partial charge >= 0.3 is 0 Å². The molecule has 0 fully saturated rings. The number of nitrogens with zero attached hydrogens (tertiary/aromatic N) is 5. The second-order valence-electron chi connectivity index (χ2n) is 5.71. The van der Waals surface area contributed by atoms with Crippen LogP contribution in [0.15, 0.2) is 61.4 Å². The van der Waals surface area contributed by atoms with Gasteiger partial charge in [0.2, 0.25) is 0 Å². The molecular formula is C19H16N5+. The van der Waals surface area contributed by atoms with E-state index in [2.05, 4.69) is 61.8 Å². The summed E-state index contributed by atoms with van der Waals surface area (Å²) in [6, 6.07) is 14.5. The minimum absolute atomic E-state index is 0.661. The quantitative estimate of drug-likeness (QED) is 0.534. The van der Waals surface area contributed by atoms with Crippen LogP contribution in [0.1, 0.15) is 5.56 Å². The molecule has 0 aliphatic heterocycles. The molecule has 5 nitrogen and oxygen atoms in total. The van der Waals surface area contributed by atoms with Crippen LogP contribution in [0.5, 0.6) is 0 Å². The first kappa shape index (κ1) is 14.4. The Morgan fingerprint density at radius 2 is 1.71 bits per heavy atom. The van der Waals surface area contributed by atoms with Crippen LogP contribution in [0.4, 0.5) is 0 Å². The number of hydrogen-bond donors (Lipinski definition) is 0. The van der Waals surface area contributed by atoms with Crippen molar-refractivity contribution in [2.45, 2.75) is 6.92 Å². The molecule has 0 radical (unpaired) electrons. The number of aromatic nitrogens is 5. The molecule has 0 amide bonds. The molecule has 0 unspecified atom stereocenters. The minimum Gasteiger partial charge on any atom is -0.232 e. The highest BCUT2D eigenvalue weighted by atomic mass is 15.0. The Bertz CT molecular complexity index is 1030. The highest BCUT2D eigenvalue weighted by Gasteiger charge is 2.17. The van der Waals surface area contributed by atoms with Gasteiger partial charge in [0.1, 0.15) is 18.3 Å². The first-order valence-corrected chi connectivity index (χ1v) is 7.71. The van der Waals surface area contributed by atoms with Gasteiger partial charge < -0.3 is 0 Å². The number of hydrogen-bond acceptors (Lipinski definition) is 4. The molecule has 0 saturated carbocycles. The van der Waals surface area contributed by atoms with Crippen molar-refractivity contribution in [1.29, 1.82) is 0 Å². The van der Waals surface area contributed by atoms with Crippen molar-refractivity contribution in [3.63, 3.8) is 0 Å². The van der Waals surface area contributed by atoms with E-state index in [0.717, 1.165) is 22.2 Å². The first-order valence-electron chi connectivity index (χ1n) is 7.71. The molecule has 4 rings (SSSR count). The highest BCUT2D eigenvalue weighted by Crippen LogP contribution is 2.29. The van der Waals surface area contributed by atoms with Gasteiger partial charge in [0.05, 0.1) is 12.4 Å². The van der Waals surface area contributed by atoms with E-state index in [9.17, 15) is 0 Å². The van der Waals surface area contributed by atoms with Gasteiger partial charge in [0.15, 0.2) is 11.3 Å². The molecule has 0 atom stereocenters. The fourth-order valence-corrected chi connectivity index (χ4v) is 2.94. The topological polar surface area (TPSA) is 55.4 Å². The number of fused-ring (bicyclic) bond motifs is 1. The van der Waals surface area contributed by atoms with Crippen molar-refractivity contribution in [1.82, 2.24) is 19.9 Å². The molecule has 0 saturated heterocycles. The average molecular weight is 314 g/mol. The molecule has 5 heteroatoms. The second kappa shape index (κ2) is 5.77. The molecule has 2 heterocycles. The molecule has 0 bridgehead atoms. The third-order valence-corrected chi connectivity index (χ3v) is 4.13. The zero-order valence-corrected chi connectivity index (χ0v) is 13.5. The molecule has 0 aliphatic rings. The molecule has 4 aromatic rings. The fourth-order valence-electron chi connectivity index (χ4n) is 2.94. The number of rotatable bonds is 2. The van der Waals surface area contributed by atoms with E-state index in [-0.39, 0.29) is 0 Å². The van der Waals surface area contributed by atoms with Crippen LogP contribution in [0.25, 0.3) is 33.5 Å². The van der Waals surface area contributed by atoms with Crippen molar-refractivity contribution in [2.75, 3.05) is 0 Å². The average Bonchev–Trinajstić information content (AvgIpc) is 2.63. The van der Waals surface area contributed by atoms with Gasteiger partial charge in [-0.15, -0.1) is 0 Å². The Morgan fingerprint density at radius 1 is 0.917 bits per heavy atom. The van der Waals surface area contributed by atoms with E-state index in [1.165, 1.54) is 23.8 Å². The smallest absolute Gasteiger partial charge is 0.232 e. The SMILES string of the molecule is Cc1ccccc1-c1c2cc(-c3ncncn3)ccc2nc[n+]1C. The molecule has 116 valence electrons. The standard InChI is InChI=1S/C19H16N5/c1-13-5-3-4-6-15(13)18-16-9-14(19-21-10-20-11-22-19)7-8-17(16)23-12-24(18)2/h3-12H,1-2H3/q+1. The van der Waals surface area contributed by atoms with Gasteiger partial charge in [-0.1, -0.05) is 24.3 Å². The van der Waals surface area contributed by atoms with Crippen molar-refractivity contribution in [3.05, 3.63) is 67.0 Å². The van der Waals surface area contributed by atoms with Crippen molar-refractivity contribution in [3.8, 4) is 22.6 Å². The van der Waals surface area contributed by atoms with Crippen LogP contribution in [0.2, 0.25) is 0 Å². The van der Waals surface area contributed by atoms with Crippen LogP contribution < -0.4 is 4.57 Å². The zero-order valence-electron chi connectivity index (χ0n) is 13.5. The number of benzene rings is 2. The monoisotopic (exact) mass is 314 g/mol. The summed E-state index contributed by atoms with van der Waals surface area (Å²) in [5.74, 6) is 0.661. The van der Waals surface area contributed by atoms with Gasteiger partial charge in [0.25, 0.3) is 6.33 Å². The predicted molar refractivity (Wildman–Crippen MR) is 91.9 cm³/mol. The Morgan fingerprint density at radius 3 is 2.50 bits per heavy atom. The summed E-state index contributed by atoms with van der Waals surface area (Å²) in [5, 5.41) is 1.08. The van der Waals surface area contributed by atoms with Crippen LogP contribution in [0, 0.1) is 6.92 Å². The maximum absolute atomic E-state index is 4.54. The maximum Gasteiger partial charge on any atom is 0.287 e. The van der Waals surface area contributed by atoms with Crippen LogP contribution in [0.3, 0.4) is 0 Å². The van der Waals surface area contributed by atoms with E-state index in [4.69, 9.17) is 0 Å². The van der Waals surface area contributed by atoms with Gasteiger partial charge in [-0.2, -0.15) is 0 Å². The van der Waals surface area contributed by atoms with Crippen molar-refractivity contribution in [2.24, 2.45) is 7.05 Å². The lowest BCUT2D eigenvalue weighted by atomic mass is 10.00. The molecule has 2 aromatic carbocycles.